The zero-order valence-electron chi connectivity index (χ0n) is 30.5. The maximum absolute atomic E-state index is 12.3. The number of amides is 3. The summed E-state index contributed by atoms with van der Waals surface area (Å²) in [5.41, 5.74) is 0. The summed E-state index contributed by atoms with van der Waals surface area (Å²) in [6, 6.07) is -1.11. The molecule has 13 nitrogen and oxygen atoms in total. The van der Waals surface area contributed by atoms with Crippen molar-refractivity contribution in [3.8, 4) is 0 Å². The van der Waals surface area contributed by atoms with Gasteiger partial charge in [-0.3, -0.25) is 19.2 Å². The van der Waals surface area contributed by atoms with Crippen molar-refractivity contribution in [1.29, 1.82) is 0 Å². The fourth-order valence-corrected chi connectivity index (χ4v) is 4.94. The van der Waals surface area contributed by atoms with Crippen LogP contribution in [0.3, 0.4) is 0 Å². The van der Waals surface area contributed by atoms with Crippen molar-refractivity contribution in [3.63, 3.8) is 0 Å². The van der Waals surface area contributed by atoms with Crippen LogP contribution in [-0.4, -0.2) is 107 Å². The number of hydrogen-bond donors (Lipinski definition) is 4. The van der Waals surface area contributed by atoms with Crippen LogP contribution in [0.1, 0.15) is 129 Å². The topological polar surface area (TPSA) is 179 Å². The lowest BCUT2D eigenvalue weighted by atomic mass is 10.0. The number of rotatable bonds is 37. The first-order valence-electron chi connectivity index (χ1n) is 18.6. The standard InChI is InChI=1S/C36H67N3O10/c1-3-4-5-6-7-8-9-10-11-12-13-14-15-16-17-18-34(42)39-32(36(44)45)19-20-33(41)37-21-23-46-26-28-49-30-35(43)38-22-24-47-25-27-48-29-31(2)40/h32H,3-30H2,1-2H3,(H,37,41)(H,38,43)(H,39,42)(H,44,45)/t32-/m0/s1. The fourth-order valence-electron chi connectivity index (χ4n) is 4.94. The van der Waals surface area contributed by atoms with Crippen LogP contribution in [0.15, 0.2) is 0 Å². The molecule has 0 unspecified atom stereocenters. The number of Topliss-reactive ketones (excluding diaryl/α,β-unsaturated/α-hetero) is 1. The van der Waals surface area contributed by atoms with Gasteiger partial charge < -0.3 is 40.0 Å². The molecule has 0 aromatic carbocycles. The normalized spacial score (nSPS) is 11.6. The first-order chi connectivity index (χ1) is 23.8. The molecule has 0 aliphatic carbocycles. The Morgan fingerprint density at radius 2 is 0.980 bits per heavy atom. The van der Waals surface area contributed by atoms with Gasteiger partial charge in [-0.15, -0.1) is 0 Å². The average Bonchev–Trinajstić information content (AvgIpc) is 3.06. The third kappa shape index (κ3) is 35.0. The van der Waals surface area contributed by atoms with E-state index in [0.717, 1.165) is 19.3 Å². The van der Waals surface area contributed by atoms with Crippen molar-refractivity contribution in [1.82, 2.24) is 16.0 Å². The molecule has 4 N–H and O–H groups in total. The molecule has 1 atom stereocenters. The lowest BCUT2D eigenvalue weighted by molar-refractivity contribution is -0.142. The van der Waals surface area contributed by atoms with Crippen LogP contribution < -0.4 is 16.0 Å². The average molecular weight is 702 g/mol. The Bertz CT molecular complexity index is 859. The molecule has 0 aromatic rings. The van der Waals surface area contributed by atoms with Crippen LogP contribution in [-0.2, 0) is 42.9 Å². The number of carbonyl (C=O) groups excluding carboxylic acids is 4. The number of aliphatic carboxylic acids is 1. The van der Waals surface area contributed by atoms with E-state index in [-0.39, 0.29) is 82.3 Å². The van der Waals surface area contributed by atoms with Crippen LogP contribution in [0.25, 0.3) is 0 Å². The summed E-state index contributed by atoms with van der Waals surface area (Å²) in [7, 11) is 0. The zero-order chi connectivity index (χ0) is 36.2. The van der Waals surface area contributed by atoms with Gasteiger partial charge in [-0.1, -0.05) is 96.8 Å². The molecular weight excluding hydrogens is 634 g/mol. The summed E-state index contributed by atoms with van der Waals surface area (Å²) >= 11 is 0. The van der Waals surface area contributed by atoms with Crippen LogP contribution in [0.2, 0.25) is 0 Å². The van der Waals surface area contributed by atoms with E-state index in [1.807, 2.05) is 0 Å². The van der Waals surface area contributed by atoms with Crippen molar-refractivity contribution in [3.05, 3.63) is 0 Å². The van der Waals surface area contributed by atoms with Gasteiger partial charge in [0.1, 0.15) is 19.3 Å². The third-order valence-electron chi connectivity index (χ3n) is 7.72. The molecule has 0 bridgehead atoms. The Hall–Kier alpha value is -2.61. The van der Waals surface area contributed by atoms with Crippen LogP contribution in [0, 0.1) is 0 Å². The summed E-state index contributed by atoms with van der Waals surface area (Å²) in [4.78, 5) is 58.4. The smallest absolute Gasteiger partial charge is 0.326 e. The quantitative estimate of drug-likeness (QED) is 0.0675. The molecule has 0 saturated carbocycles. The van der Waals surface area contributed by atoms with E-state index in [1.54, 1.807) is 0 Å². The molecule has 286 valence electrons. The molecule has 0 aromatic heterocycles. The summed E-state index contributed by atoms with van der Waals surface area (Å²) in [6.45, 7) is 5.81. The summed E-state index contributed by atoms with van der Waals surface area (Å²) in [5, 5.41) is 17.3. The molecule has 0 aliphatic heterocycles. The minimum absolute atomic E-state index is 0.00416. The molecule has 0 aliphatic rings. The van der Waals surface area contributed by atoms with E-state index in [9.17, 15) is 29.1 Å². The van der Waals surface area contributed by atoms with Gasteiger partial charge in [0.15, 0.2) is 5.78 Å². The predicted molar refractivity (Wildman–Crippen MR) is 188 cm³/mol. The Balaban J connectivity index is 3.67. The van der Waals surface area contributed by atoms with Crippen LogP contribution >= 0.6 is 0 Å². The highest BCUT2D eigenvalue weighted by Crippen LogP contribution is 2.14. The zero-order valence-corrected chi connectivity index (χ0v) is 30.5. The van der Waals surface area contributed by atoms with Crippen molar-refractivity contribution in [2.45, 2.75) is 135 Å². The molecule has 0 radical (unpaired) electrons. The molecule has 13 heteroatoms. The van der Waals surface area contributed by atoms with E-state index in [1.165, 1.54) is 84.0 Å². The summed E-state index contributed by atoms with van der Waals surface area (Å²) < 4.78 is 21.0. The van der Waals surface area contributed by atoms with E-state index >= 15 is 0 Å². The second kappa shape index (κ2) is 35.2. The van der Waals surface area contributed by atoms with Gasteiger partial charge in [0.05, 0.1) is 39.6 Å². The minimum Gasteiger partial charge on any atom is -0.480 e. The second-order valence-electron chi connectivity index (χ2n) is 12.4. The van der Waals surface area contributed by atoms with Crippen molar-refractivity contribution in [2.75, 3.05) is 65.9 Å². The molecule has 3 amide bonds. The van der Waals surface area contributed by atoms with Gasteiger partial charge in [-0.05, 0) is 19.8 Å². The maximum atomic E-state index is 12.3. The Morgan fingerprint density at radius 1 is 0.531 bits per heavy atom. The monoisotopic (exact) mass is 701 g/mol. The van der Waals surface area contributed by atoms with Gasteiger partial charge >= 0.3 is 5.97 Å². The summed E-state index contributed by atoms with van der Waals surface area (Å²) in [6.07, 6.45) is 18.8. The number of unbranched alkanes of at least 4 members (excludes halogenated alkanes) is 14. The first-order valence-corrected chi connectivity index (χ1v) is 18.6. The molecular formula is C36H67N3O10. The molecule has 0 heterocycles. The number of ketones is 1. The third-order valence-corrected chi connectivity index (χ3v) is 7.72. The Labute approximate surface area is 294 Å². The number of carboxylic acids is 1. The van der Waals surface area contributed by atoms with Crippen molar-refractivity contribution < 1.29 is 48.0 Å². The van der Waals surface area contributed by atoms with E-state index in [4.69, 9.17) is 18.9 Å². The summed E-state index contributed by atoms with van der Waals surface area (Å²) in [5.74, 6) is -2.12. The number of hydrogen-bond acceptors (Lipinski definition) is 9. The highest BCUT2D eigenvalue weighted by atomic mass is 16.5. The van der Waals surface area contributed by atoms with E-state index < -0.39 is 12.0 Å². The maximum Gasteiger partial charge on any atom is 0.326 e. The largest absolute Gasteiger partial charge is 0.480 e. The number of nitrogens with one attached hydrogen (secondary N) is 3. The van der Waals surface area contributed by atoms with Gasteiger partial charge in [-0.25, -0.2) is 4.79 Å². The predicted octanol–water partition coefficient (Wildman–Crippen LogP) is 4.49. The molecule has 0 spiro atoms. The SMILES string of the molecule is CCCCCCCCCCCCCCCCCC(=O)N[C@@H](CCC(=O)NCCOCCOCC(=O)NCCOCCOCC(C)=O)C(=O)O. The van der Waals surface area contributed by atoms with E-state index in [0.29, 0.717) is 26.4 Å². The van der Waals surface area contributed by atoms with E-state index in [2.05, 4.69) is 22.9 Å². The lowest BCUT2D eigenvalue weighted by Crippen LogP contribution is -2.41. The molecule has 0 rings (SSSR count). The number of carboxylic acid groups (broad SMARTS) is 1. The van der Waals surface area contributed by atoms with Crippen molar-refractivity contribution in [2.24, 2.45) is 0 Å². The fraction of sp³-hybridized carbons (Fsp3) is 0.861. The molecule has 0 fully saturated rings. The van der Waals surface area contributed by atoms with Gasteiger partial charge in [0.2, 0.25) is 17.7 Å². The number of ether oxygens (including phenoxy) is 4. The van der Waals surface area contributed by atoms with Gasteiger partial charge in [0.25, 0.3) is 0 Å². The van der Waals surface area contributed by atoms with Crippen LogP contribution in [0.4, 0.5) is 0 Å². The first kappa shape index (κ1) is 46.4. The minimum atomic E-state index is -1.16. The number of carbonyl (C=O) groups is 5. The van der Waals surface area contributed by atoms with Gasteiger partial charge in [0, 0.05) is 25.9 Å². The second-order valence-corrected chi connectivity index (χ2v) is 12.4. The molecule has 49 heavy (non-hydrogen) atoms. The lowest BCUT2D eigenvalue weighted by Gasteiger charge is -2.14. The molecule has 0 saturated heterocycles. The highest BCUT2D eigenvalue weighted by Gasteiger charge is 2.20. The Kier molecular flexibility index (Phi) is 33.3. The van der Waals surface area contributed by atoms with Crippen molar-refractivity contribution >= 4 is 29.5 Å². The Morgan fingerprint density at radius 3 is 1.47 bits per heavy atom. The van der Waals surface area contributed by atoms with Crippen LogP contribution in [0.5, 0.6) is 0 Å². The highest BCUT2D eigenvalue weighted by molar-refractivity contribution is 5.84. The van der Waals surface area contributed by atoms with Gasteiger partial charge in [-0.2, -0.15) is 0 Å².